The molecule has 17 heavy (non-hydrogen) atoms. The van der Waals surface area contributed by atoms with Crippen molar-refractivity contribution in [1.29, 1.82) is 0 Å². The summed E-state index contributed by atoms with van der Waals surface area (Å²) in [7, 11) is 0. The molecule has 0 aromatic carbocycles. The fourth-order valence-corrected chi connectivity index (χ4v) is 2.93. The van der Waals surface area contributed by atoms with Gasteiger partial charge in [-0.1, -0.05) is 6.92 Å². The van der Waals surface area contributed by atoms with Gasteiger partial charge >= 0.3 is 0 Å². The largest absolute Gasteiger partial charge is 0.466 e. The first-order valence-corrected chi connectivity index (χ1v) is 7.52. The van der Waals surface area contributed by atoms with Gasteiger partial charge in [0.05, 0.1) is 16.8 Å². The van der Waals surface area contributed by atoms with Crippen molar-refractivity contribution >= 4 is 27.3 Å². The highest BCUT2D eigenvalue weighted by Gasteiger charge is 2.17. The number of furan rings is 1. The van der Waals surface area contributed by atoms with Crippen LogP contribution in [0.15, 0.2) is 38.0 Å². The van der Waals surface area contributed by atoms with Gasteiger partial charge in [0.15, 0.2) is 0 Å². The summed E-state index contributed by atoms with van der Waals surface area (Å²) in [6, 6.07) is 4.36. The molecule has 0 fully saturated rings. The molecule has 2 aromatic heterocycles. The lowest BCUT2D eigenvalue weighted by molar-refractivity contribution is 0.408. The summed E-state index contributed by atoms with van der Waals surface area (Å²) in [5.74, 6) is 0.990. The summed E-state index contributed by atoms with van der Waals surface area (Å²) in [6.07, 6.45) is 3.82. The molecule has 4 heteroatoms. The molecule has 0 saturated carbocycles. The fraction of sp³-hybridized carbons (Fsp3) is 0.385. The van der Waals surface area contributed by atoms with Crippen LogP contribution in [0.25, 0.3) is 0 Å². The minimum atomic E-state index is 0.244. The highest BCUT2D eigenvalue weighted by atomic mass is 79.9. The normalized spacial score (nSPS) is 12.8. The van der Waals surface area contributed by atoms with E-state index in [1.807, 2.05) is 6.07 Å². The van der Waals surface area contributed by atoms with Gasteiger partial charge < -0.3 is 9.73 Å². The molecular weight excluding hydrogens is 298 g/mol. The molecule has 1 N–H and O–H groups in total. The van der Waals surface area contributed by atoms with E-state index >= 15 is 0 Å². The summed E-state index contributed by atoms with van der Waals surface area (Å²) in [6.45, 7) is 3.17. The van der Waals surface area contributed by atoms with E-state index in [4.69, 9.17) is 4.42 Å². The summed E-state index contributed by atoms with van der Waals surface area (Å²) < 4.78 is 6.61. The molecule has 0 aliphatic carbocycles. The van der Waals surface area contributed by atoms with Crippen molar-refractivity contribution in [3.8, 4) is 0 Å². The van der Waals surface area contributed by atoms with Gasteiger partial charge in [0.25, 0.3) is 0 Å². The van der Waals surface area contributed by atoms with E-state index < -0.39 is 0 Å². The Morgan fingerprint density at radius 2 is 2.35 bits per heavy atom. The summed E-state index contributed by atoms with van der Waals surface area (Å²) in [5, 5.41) is 7.84. The van der Waals surface area contributed by atoms with Crippen LogP contribution in [0, 0.1) is 0 Å². The van der Waals surface area contributed by atoms with Crippen LogP contribution in [-0.2, 0) is 6.42 Å². The lowest BCUT2D eigenvalue weighted by atomic mass is 10.1. The van der Waals surface area contributed by atoms with Gasteiger partial charge in [-0.25, -0.2) is 0 Å². The van der Waals surface area contributed by atoms with Crippen molar-refractivity contribution in [1.82, 2.24) is 5.32 Å². The first kappa shape index (κ1) is 12.9. The quantitative estimate of drug-likeness (QED) is 0.855. The van der Waals surface area contributed by atoms with Crippen molar-refractivity contribution in [3.63, 3.8) is 0 Å². The SMILES string of the molecule is CCCNC(Cc1ccsc1)c1occc1Br. The molecule has 0 aliphatic heterocycles. The van der Waals surface area contributed by atoms with E-state index in [0.717, 1.165) is 29.6 Å². The van der Waals surface area contributed by atoms with Crippen LogP contribution >= 0.6 is 27.3 Å². The maximum atomic E-state index is 5.57. The second-order valence-corrected chi connectivity index (χ2v) is 5.61. The van der Waals surface area contributed by atoms with Crippen LogP contribution in [0.1, 0.15) is 30.7 Å². The predicted molar refractivity (Wildman–Crippen MR) is 75.5 cm³/mol. The number of hydrogen-bond donors (Lipinski definition) is 1. The highest BCUT2D eigenvalue weighted by molar-refractivity contribution is 9.10. The van der Waals surface area contributed by atoms with Crippen molar-refractivity contribution in [2.45, 2.75) is 25.8 Å². The molecule has 2 rings (SSSR count). The molecule has 1 atom stereocenters. The Balaban J connectivity index is 2.11. The summed E-state index contributed by atoms with van der Waals surface area (Å²) in [5.41, 5.74) is 1.35. The molecule has 0 bridgehead atoms. The zero-order chi connectivity index (χ0) is 12.1. The maximum absolute atomic E-state index is 5.57. The minimum Gasteiger partial charge on any atom is -0.466 e. The molecule has 2 nitrogen and oxygen atoms in total. The molecule has 0 aliphatic rings. The molecular formula is C13H16BrNOS. The molecule has 0 amide bonds. The van der Waals surface area contributed by atoms with E-state index in [9.17, 15) is 0 Å². The van der Waals surface area contributed by atoms with Crippen LogP contribution in [0.3, 0.4) is 0 Å². The van der Waals surface area contributed by atoms with Gasteiger partial charge in [-0.2, -0.15) is 11.3 Å². The third kappa shape index (κ3) is 3.44. The number of halogens is 1. The summed E-state index contributed by atoms with van der Waals surface area (Å²) in [4.78, 5) is 0. The number of nitrogens with one attached hydrogen (secondary N) is 1. The Morgan fingerprint density at radius 3 is 2.94 bits per heavy atom. The van der Waals surface area contributed by atoms with Gasteiger partial charge in [-0.3, -0.25) is 0 Å². The Labute approximate surface area is 114 Å². The van der Waals surface area contributed by atoms with E-state index in [0.29, 0.717) is 0 Å². The molecule has 2 aromatic rings. The third-order valence-electron chi connectivity index (χ3n) is 2.62. The van der Waals surface area contributed by atoms with Gasteiger partial charge in [0.2, 0.25) is 0 Å². The molecule has 2 heterocycles. The lowest BCUT2D eigenvalue weighted by Gasteiger charge is -2.16. The van der Waals surface area contributed by atoms with Crippen LogP contribution in [0.2, 0.25) is 0 Å². The van der Waals surface area contributed by atoms with Crippen molar-refractivity contribution < 1.29 is 4.42 Å². The molecule has 0 saturated heterocycles. The van der Waals surface area contributed by atoms with Crippen LogP contribution in [0.4, 0.5) is 0 Å². The van der Waals surface area contributed by atoms with E-state index in [-0.39, 0.29) is 6.04 Å². The number of hydrogen-bond acceptors (Lipinski definition) is 3. The maximum Gasteiger partial charge on any atom is 0.135 e. The topological polar surface area (TPSA) is 25.2 Å². The first-order valence-electron chi connectivity index (χ1n) is 5.78. The third-order valence-corrected chi connectivity index (χ3v) is 4.01. The highest BCUT2D eigenvalue weighted by Crippen LogP contribution is 2.27. The Hall–Kier alpha value is -0.580. The van der Waals surface area contributed by atoms with Gasteiger partial charge in [-0.15, -0.1) is 0 Å². The van der Waals surface area contributed by atoms with E-state index in [2.05, 4.69) is 45.0 Å². The molecule has 0 spiro atoms. The zero-order valence-electron chi connectivity index (χ0n) is 9.78. The van der Waals surface area contributed by atoms with Crippen LogP contribution in [-0.4, -0.2) is 6.54 Å². The zero-order valence-corrected chi connectivity index (χ0v) is 12.2. The fourth-order valence-electron chi connectivity index (χ4n) is 1.77. The number of thiophene rings is 1. The van der Waals surface area contributed by atoms with E-state index in [1.165, 1.54) is 5.56 Å². The molecule has 0 radical (unpaired) electrons. The molecule has 92 valence electrons. The Bertz CT molecular complexity index is 438. The van der Waals surface area contributed by atoms with Crippen molar-refractivity contribution in [2.24, 2.45) is 0 Å². The molecule has 1 unspecified atom stereocenters. The van der Waals surface area contributed by atoms with Crippen molar-refractivity contribution in [3.05, 3.63) is 45.0 Å². The number of rotatable bonds is 6. The minimum absolute atomic E-state index is 0.244. The van der Waals surface area contributed by atoms with Crippen LogP contribution in [0.5, 0.6) is 0 Å². The second-order valence-electron chi connectivity index (χ2n) is 3.98. The standard InChI is InChI=1S/C13H16BrNOS/c1-2-5-15-12(8-10-4-7-17-9-10)13-11(14)3-6-16-13/h3-4,6-7,9,12,15H,2,5,8H2,1H3. The Kier molecular flexibility index (Phi) is 4.83. The van der Waals surface area contributed by atoms with Gasteiger partial charge in [0, 0.05) is 0 Å². The monoisotopic (exact) mass is 313 g/mol. The Morgan fingerprint density at radius 1 is 1.47 bits per heavy atom. The lowest BCUT2D eigenvalue weighted by Crippen LogP contribution is -2.23. The average molecular weight is 314 g/mol. The van der Waals surface area contributed by atoms with Crippen LogP contribution < -0.4 is 5.32 Å². The first-order chi connectivity index (χ1) is 8.31. The second kappa shape index (κ2) is 6.38. The van der Waals surface area contributed by atoms with E-state index in [1.54, 1.807) is 17.6 Å². The average Bonchev–Trinajstić information content (AvgIpc) is 2.95. The van der Waals surface area contributed by atoms with Gasteiger partial charge in [0.1, 0.15) is 5.76 Å². The summed E-state index contributed by atoms with van der Waals surface area (Å²) >= 11 is 5.27. The van der Waals surface area contributed by atoms with Gasteiger partial charge in [-0.05, 0) is 63.8 Å². The van der Waals surface area contributed by atoms with Crippen molar-refractivity contribution in [2.75, 3.05) is 6.54 Å². The smallest absolute Gasteiger partial charge is 0.135 e. The predicted octanol–water partition coefficient (Wildman–Crippen LogP) is 4.39.